The van der Waals surface area contributed by atoms with Gasteiger partial charge in [-0.25, -0.2) is 4.44 Å². The fourth-order valence-electron chi connectivity index (χ4n) is 10.1. The smallest absolute Gasteiger partial charge is 0.306 e. The minimum Gasteiger partial charge on any atom is -0.382 e. The lowest BCUT2D eigenvalue weighted by atomic mass is 10.2. The Morgan fingerprint density at radius 1 is 0.414 bits per heavy atom. The number of benzene rings is 5. The lowest BCUT2D eigenvalue weighted by Crippen LogP contribution is -2.48. The van der Waals surface area contributed by atoms with Gasteiger partial charge in [0.2, 0.25) is 0 Å². The van der Waals surface area contributed by atoms with Crippen molar-refractivity contribution in [2.45, 2.75) is 161 Å². The maximum Gasteiger partial charge on any atom is 0.306 e. The molecule has 382 valence electrons. The van der Waals surface area contributed by atoms with Crippen LogP contribution in [0.4, 0.5) is 0 Å². The first-order valence-electron chi connectivity index (χ1n) is 26.3. The third-order valence-electron chi connectivity index (χ3n) is 13.8. The first kappa shape index (κ1) is 57.8. The van der Waals surface area contributed by atoms with Crippen molar-refractivity contribution >= 4 is 84.1 Å². The Balaban J connectivity index is 1.90. The monoisotopic (exact) mass is 1060 g/mol. The normalized spacial score (nSPS) is 12.6. The predicted molar refractivity (Wildman–Crippen MR) is 310 cm³/mol. The minimum atomic E-state index is -3.96. The van der Waals surface area contributed by atoms with Crippen LogP contribution in [0.1, 0.15) is 124 Å². The van der Waals surface area contributed by atoms with Gasteiger partial charge in [-0.05, 0) is 40.4 Å². The Hall–Kier alpha value is -3.15. The summed E-state index contributed by atoms with van der Waals surface area (Å²) in [6, 6.07) is 52.5. The molecule has 0 bridgehead atoms. The Labute approximate surface area is 429 Å². The largest absolute Gasteiger partial charge is 0.382 e. The van der Waals surface area contributed by atoms with E-state index in [4.69, 9.17) is 8.37 Å². The van der Waals surface area contributed by atoms with Gasteiger partial charge in [-0.1, -0.05) is 268 Å². The summed E-state index contributed by atoms with van der Waals surface area (Å²) in [7, 11) is -14.8. The van der Waals surface area contributed by atoms with Crippen LogP contribution in [0.15, 0.2) is 127 Å². The summed E-state index contributed by atoms with van der Waals surface area (Å²) in [5.74, 6) is 0.419. The molecular weight excluding hydrogens is 977 g/mol. The number of para-hydroxylation sites is 2. The zero-order chi connectivity index (χ0) is 50.6. The topological polar surface area (TPSA) is 90.0 Å². The van der Waals surface area contributed by atoms with Gasteiger partial charge in [0.25, 0.3) is 0 Å². The van der Waals surface area contributed by atoms with Crippen molar-refractivity contribution in [3.05, 3.63) is 133 Å². The standard InChI is InChI=1S/C57H83NO6P2S2Si2/c1-9-15-42-69(43-16-10-2,44-17-11-3)52-38-34-50(35-39-52)65(51-36-40-53(41-37-51)70(45-18-12-4,46-19-13-5)47-20-14-6)58(48-49-28-22-21-23-29-49)66(56-32-26-24-30-54(56)63-67(7,59)60)57-33-27-25-31-55(57)64-68(8,61)62/h21-41H,9-20,42-48H2,1-8H3. The molecule has 70 heavy (non-hydrogen) atoms. The molecule has 13 heteroatoms. The van der Waals surface area contributed by atoms with E-state index >= 15 is 0 Å². The van der Waals surface area contributed by atoms with Crippen molar-refractivity contribution in [3.8, 4) is 11.5 Å². The summed E-state index contributed by atoms with van der Waals surface area (Å²) >= 11 is 0. The van der Waals surface area contributed by atoms with E-state index < -0.39 is 52.5 Å². The Morgan fingerprint density at radius 2 is 0.729 bits per heavy atom. The van der Waals surface area contributed by atoms with Gasteiger partial charge in [0, 0.05) is 33.3 Å². The Morgan fingerprint density at radius 3 is 1.04 bits per heavy atom. The van der Waals surface area contributed by atoms with E-state index in [1.807, 2.05) is 30.3 Å². The highest BCUT2D eigenvalue weighted by molar-refractivity contribution is 7.87. The summed E-state index contributed by atoms with van der Waals surface area (Å²) < 4.78 is 66.7. The number of hydrogen-bond donors (Lipinski definition) is 0. The van der Waals surface area contributed by atoms with Crippen LogP contribution in [0.25, 0.3) is 0 Å². The average molecular weight is 1060 g/mol. The molecule has 0 atom stereocenters. The van der Waals surface area contributed by atoms with E-state index in [0.29, 0.717) is 17.2 Å². The SMILES string of the molecule is CCCC[Si](CCCC)(CCCC)c1ccc(P(c2ccc([Si](CCCC)(CCCC)CCCC)cc2)N(Cc2ccccc2)P(c2ccccc2OS(C)(=O)=O)c2ccccc2OS(C)(=O)=O)cc1. The van der Waals surface area contributed by atoms with Crippen molar-refractivity contribution < 1.29 is 25.2 Å². The highest BCUT2D eigenvalue weighted by Crippen LogP contribution is 2.57. The third-order valence-corrected chi connectivity index (χ3v) is 31.3. The molecule has 7 nitrogen and oxygen atoms in total. The van der Waals surface area contributed by atoms with E-state index in [1.165, 1.54) is 124 Å². The molecule has 0 amide bonds. The Bertz CT molecular complexity index is 2350. The zero-order valence-corrected chi connectivity index (χ0v) is 49.1. The molecule has 0 aliphatic carbocycles. The van der Waals surface area contributed by atoms with E-state index in [-0.39, 0.29) is 11.5 Å². The number of hydrogen-bond acceptors (Lipinski definition) is 7. The molecule has 5 aromatic carbocycles. The highest BCUT2D eigenvalue weighted by atomic mass is 32.2. The maximum absolute atomic E-state index is 13.1. The Kier molecular flexibility index (Phi) is 23.4. The second-order valence-corrected chi connectivity index (χ2v) is 36.4. The van der Waals surface area contributed by atoms with Gasteiger partial charge in [0.15, 0.2) is 11.5 Å². The molecule has 0 fully saturated rings. The van der Waals surface area contributed by atoms with Gasteiger partial charge in [-0.3, -0.25) is 0 Å². The fourth-order valence-corrected chi connectivity index (χ4v) is 28.4. The molecule has 0 spiro atoms. The zero-order valence-electron chi connectivity index (χ0n) is 43.7. The van der Waals surface area contributed by atoms with Crippen molar-refractivity contribution in [3.63, 3.8) is 0 Å². The molecule has 0 unspecified atom stereocenters. The fraction of sp³-hybridized carbons (Fsp3) is 0.474. The van der Waals surface area contributed by atoms with Gasteiger partial charge in [-0.15, -0.1) is 0 Å². The highest BCUT2D eigenvalue weighted by Gasteiger charge is 2.39. The third kappa shape index (κ3) is 16.4. The summed E-state index contributed by atoms with van der Waals surface area (Å²) in [5.41, 5.74) is 1.08. The quantitative estimate of drug-likeness (QED) is 0.0241. The second kappa shape index (κ2) is 28.3. The summed E-state index contributed by atoms with van der Waals surface area (Å²) in [6.45, 7) is 14.4. The van der Waals surface area contributed by atoms with E-state index in [1.54, 1.807) is 34.6 Å². The molecule has 0 N–H and O–H groups in total. The molecule has 0 saturated carbocycles. The summed E-state index contributed by atoms with van der Waals surface area (Å²) in [5, 5.41) is 6.78. The van der Waals surface area contributed by atoms with Gasteiger partial charge >= 0.3 is 20.2 Å². The number of rotatable bonds is 32. The molecular formula is C57H83NO6P2S2Si2. The molecule has 0 aliphatic rings. The van der Waals surface area contributed by atoms with Crippen LogP contribution in [0.3, 0.4) is 0 Å². The molecule has 0 heterocycles. The van der Waals surface area contributed by atoms with Gasteiger partial charge in [-0.2, -0.15) is 16.8 Å². The van der Waals surface area contributed by atoms with Crippen molar-refractivity contribution in [1.29, 1.82) is 0 Å². The van der Waals surface area contributed by atoms with Crippen LogP contribution in [0, 0.1) is 0 Å². The van der Waals surface area contributed by atoms with Crippen LogP contribution >= 0.6 is 16.1 Å². The predicted octanol–water partition coefficient (Wildman–Crippen LogP) is 13.4. The first-order chi connectivity index (χ1) is 33.7. The van der Waals surface area contributed by atoms with Crippen LogP contribution < -0.4 is 40.0 Å². The first-order valence-corrected chi connectivity index (χ1v) is 37.7. The van der Waals surface area contributed by atoms with Gasteiger partial charge < -0.3 is 8.37 Å². The minimum absolute atomic E-state index is 0.209. The second-order valence-electron chi connectivity index (χ2n) is 19.4. The molecule has 0 aromatic heterocycles. The number of nitrogens with zero attached hydrogens (tertiary/aromatic N) is 1. The van der Waals surface area contributed by atoms with Crippen molar-refractivity contribution in [2.24, 2.45) is 0 Å². The molecule has 0 radical (unpaired) electrons. The lowest BCUT2D eigenvalue weighted by Gasteiger charge is -2.40. The average Bonchev–Trinajstić information content (AvgIpc) is 3.35. The number of unbranched alkanes of at least 4 members (excludes halogenated alkanes) is 6. The van der Waals surface area contributed by atoms with Crippen LogP contribution in [0.2, 0.25) is 36.3 Å². The maximum atomic E-state index is 13.1. The van der Waals surface area contributed by atoms with E-state index in [0.717, 1.165) is 18.1 Å². The van der Waals surface area contributed by atoms with Crippen LogP contribution in [-0.4, -0.2) is 49.9 Å². The van der Waals surface area contributed by atoms with Crippen LogP contribution in [-0.2, 0) is 26.8 Å². The van der Waals surface area contributed by atoms with Gasteiger partial charge in [0.05, 0.1) is 28.7 Å². The van der Waals surface area contributed by atoms with Crippen molar-refractivity contribution in [1.82, 2.24) is 4.44 Å². The van der Waals surface area contributed by atoms with E-state index in [9.17, 15) is 16.8 Å². The molecule has 5 rings (SSSR count). The molecule has 0 aliphatic heterocycles. The molecule has 0 saturated heterocycles. The van der Waals surface area contributed by atoms with Crippen molar-refractivity contribution in [2.75, 3.05) is 12.5 Å². The van der Waals surface area contributed by atoms with Crippen LogP contribution in [0.5, 0.6) is 11.5 Å². The van der Waals surface area contributed by atoms with E-state index in [2.05, 4.69) is 119 Å². The van der Waals surface area contributed by atoms with Gasteiger partial charge in [0.1, 0.15) is 0 Å². The molecule has 5 aromatic rings. The summed E-state index contributed by atoms with van der Waals surface area (Å²) in [6.07, 6.45) is 16.8. The summed E-state index contributed by atoms with van der Waals surface area (Å²) in [4.78, 5) is 0. The lowest BCUT2D eigenvalue weighted by molar-refractivity contribution is 0.493.